The summed E-state index contributed by atoms with van der Waals surface area (Å²) in [6, 6.07) is 13.8. The van der Waals surface area contributed by atoms with Gasteiger partial charge in [0.15, 0.2) is 0 Å². The summed E-state index contributed by atoms with van der Waals surface area (Å²) in [6.07, 6.45) is 3.85. The van der Waals surface area contributed by atoms with Crippen molar-refractivity contribution >= 4 is 5.91 Å². The average molecular weight is 326 g/mol. The lowest BCUT2D eigenvalue weighted by Gasteiger charge is -2.26. The molecule has 1 N–H and O–H groups in total. The molecule has 1 aliphatic rings. The minimum absolute atomic E-state index is 0.0438. The number of likely N-dealkylation sites (tertiary alicyclic amines) is 1. The minimum atomic E-state index is -0.247. The van der Waals surface area contributed by atoms with Gasteiger partial charge < -0.3 is 10.2 Å². The van der Waals surface area contributed by atoms with Crippen LogP contribution in [0.3, 0.4) is 0 Å². The maximum absolute atomic E-state index is 13.0. The molecule has 1 heterocycles. The van der Waals surface area contributed by atoms with Crippen molar-refractivity contribution in [2.24, 2.45) is 0 Å². The molecule has 3 rings (SSSR count). The van der Waals surface area contributed by atoms with Gasteiger partial charge >= 0.3 is 0 Å². The molecule has 0 unspecified atom stereocenters. The van der Waals surface area contributed by atoms with Crippen LogP contribution in [0.25, 0.3) is 11.1 Å². The third-order valence-electron chi connectivity index (χ3n) is 4.49. The van der Waals surface area contributed by atoms with Gasteiger partial charge in [0.2, 0.25) is 0 Å². The van der Waals surface area contributed by atoms with Gasteiger partial charge in [-0.2, -0.15) is 0 Å². The van der Waals surface area contributed by atoms with Crippen LogP contribution in [0, 0.1) is 5.82 Å². The Balaban J connectivity index is 1.52. The summed E-state index contributed by atoms with van der Waals surface area (Å²) >= 11 is 0. The zero-order valence-electron chi connectivity index (χ0n) is 13.8. The molecule has 0 radical (unpaired) electrons. The smallest absolute Gasteiger partial charge is 0.251 e. The van der Waals surface area contributed by atoms with Crippen molar-refractivity contribution in [3.8, 4) is 11.1 Å². The summed E-state index contributed by atoms with van der Waals surface area (Å²) < 4.78 is 13.0. The van der Waals surface area contributed by atoms with Crippen LogP contribution in [0.15, 0.2) is 48.5 Å². The summed E-state index contributed by atoms with van der Waals surface area (Å²) in [5, 5.41) is 2.98. The highest BCUT2D eigenvalue weighted by Gasteiger charge is 2.10. The van der Waals surface area contributed by atoms with Gasteiger partial charge in [-0.1, -0.05) is 30.7 Å². The van der Waals surface area contributed by atoms with Gasteiger partial charge in [0.25, 0.3) is 5.91 Å². The van der Waals surface area contributed by atoms with E-state index in [1.165, 1.54) is 31.4 Å². The molecule has 1 aliphatic heterocycles. The highest BCUT2D eigenvalue weighted by atomic mass is 19.1. The average Bonchev–Trinajstić information content (AvgIpc) is 2.63. The first-order valence-corrected chi connectivity index (χ1v) is 8.59. The second-order valence-electron chi connectivity index (χ2n) is 6.24. The van der Waals surface area contributed by atoms with Crippen molar-refractivity contribution in [1.29, 1.82) is 0 Å². The summed E-state index contributed by atoms with van der Waals surface area (Å²) in [5.74, 6) is -0.291. The first kappa shape index (κ1) is 16.7. The van der Waals surface area contributed by atoms with E-state index in [1.54, 1.807) is 12.1 Å². The number of hydrogen-bond acceptors (Lipinski definition) is 2. The van der Waals surface area contributed by atoms with Crippen LogP contribution < -0.4 is 5.32 Å². The molecule has 0 atom stereocenters. The molecular weight excluding hydrogens is 303 g/mol. The van der Waals surface area contributed by atoms with E-state index in [1.807, 2.05) is 24.3 Å². The maximum Gasteiger partial charge on any atom is 0.251 e. The van der Waals surface area contributed by atoms with Gasteiger partial charge in [-0.3, -0.25) is 4.79 Å². The standard InChI is InChI=1S/C20H23FN2O/c21-19-10-8-17(9-11-19)16-4-6-18(7-5-16)20(24)22-12-15-23-13-2-1-3-14-23/h4-11H,1-3,12-15H2,(H,22,24). The monoisotopic (exact) mass is 326 g/mol. The van der Waals surface area contributed by atoms with E-state index < -0.39 is 0 Å². The number of amides is 1. The number of nitrogens with zero attached hydrogens (tertiary/aromatic N) is 1. The van der Waals surface area contributed by atoms with Gasteiger partial charge in [0.1, 0.15) is 5.82 Å². The number of rotatable bonds is 5. The number of nitrogens with one attached hydrogen (secondary N) is 1. The molecule has 0 aromatic heterocycles. The lowest BCUT2D eigenvalue weighted by molar-refractivity contribution is 0.0946. The van der Waals surface area contributed by atoms with Gasteiger partial charge in [0.05, 0.1) is 0 Å². The molecule has 126 valence electrons. The van der Waals surface area contributed by atoms with Crippen LogP contribution in [0.2, 0.25) is 0 Å². The summed E-state index contributed by atoms with van der Waals surface area (Å²) in [7, 11) is 0. The molecule has 2 aromatic rings. The van der Waals surface area contributed by atoms with E-state index in [0.29, 0.717) is 12.1 Å². The number of hydrogen-bond donors (Lipinski definition) is 1. The first-order chi connectivity index (χ1) is 11.7. The molecule has 0 spiro atoms. The zero-order valence-corrected chi connectivity index (χ0v) is 13.8. The third kappa shape index (κ3) is 4.42. The first-order valence-electron chi connectivity index (χ1n) is 8.59. The van der Waals surface area contributed by atoms with Crippen molar-refractivity contribution in [2.75, 3.05) is 26.2 Å². The topological polar surface area (TPSA) is 32.3 Å². The quantitative estimate of drug-likeness (QED) is 0.908. The summed E-state index contributed by atoms with van der Waals surface area (Å²) in [6.45, 7) is 3.88. The predicted octanol–water partition coefficient (Wildman–Crippen LogP) is 3.71. The Bertz CT molecular complexity index is 661. The van der Waals surface area contributed by atoms with Gasteiger partial charge in [-0.25, -0.2) is 4.39 Å². The second kappa shape index (κ2) is 8.06. The van der Waals surface area contributed by atoms with Crippen LogP contribution in [0.1, 0.15) is 29.6 Å². The number of carbonyl (C=O) groups excluding carboxylic acids is 1. The Morgan fingerprint density at radius 1 is 0.917 bits per heavy atom. The predicted molar refractivity (Wildman–Crippen MR) is 94.5 cm³/mol. The lowest BCUT2D eigenvalue weighted by Crippen LogP contribution is -2.37. The Hall–Kier alpha value is -2.20. The van der Waals surface area contributed by atoms with Crippen molar-refractivity contribution in [3.63, 3.8) is 0 Å². The van der Waals surface area contributed by atoms with Crippen LogP contribution in [0.5, 0.6) is 0 Å². The van der Waals surface area contributed by atoms with Gasteiger partial charge in [-0.05, 0) is 61.3 Å². The fraction of sp³-hybridized carbons (Fsp3) is 0.350. The minimum Gasteiger partial charge on any atom is -0.351 e. The highest BCUT2D eigenvalue weighted by molar-refractivity contribution is 5.94. The third-order valence-corrected chi connectivity index (χ3v) is 4.49. The second-order valence-corrected chi connectivity index (χ2v) is 6.24. The van der Waals surface area contributed by atoms with E-state index in [2.05, 4.69) is 10.2 Å². The Labute approximate surface area is 142 Å². The molecular formula is C20H23FN2O. The van der Waals surface area contributed by atoms with E-state index >= 15 is 0 Å². The molecule has 0 saturated carbocycles. The molecule has 0 aliphatic carbocycles. The molecule has 24 heavy (non-hydrogen) atoms. The van der Waals surface area contributed by atoms with Crippen LogP contribution in [-0.2, 0) is 0 Å². The van der Waals surface area contributed by atoms with Crippen molar-refractivity contribution in [2.45, 2.75) is 19.3 Å². The van der Waals surface area contributed by atoms with Crippen molar-refractivity contribution in [1.82, 2.24) is 10.2 Å². The Morgan fingerprint density at radius 3 is 2.12 bits per heavy atom. The summed E-state index contributed by atoms with van der Waals surface area (Å²) in [4.78, 5) is 14.6. The molecule has 1 amide bonds. The van der Waals surface area contributed by atoms with Crippen molar-refractivity contribution in [3.05, 3.63) is 59.9 Å². The molecule has 3 nitrogen and oxygen atoms in total. The SMILES string of the molecule is O=C(NCCN1CCCCC1)c1ccc(-c2ccc(F)cc2)cc1. The molecule has 4 heteroatoms. The fourth-order valence-corrected chi connectivity index (χ4v) is 3.07. The zero-order chi connectivity index (χ0) is 16.8. The Morgan fingerprint density at radius 2 is 1.50 bits per heavy atom. The summed E-state index contributed by atoms with van der Waals surface area (Å²) in [5.41, 5.74) is 2.56. The van der Waals surface area contributed by atoms with Crippen LogP contribution >= 0.6 is 0 Å². The molecule has 1 fully saturated rings. The molecule has 0 bridgehead atoms. The molecule has 2 aromatic carbocycles. The van der Waals surface area contributed by atoms with E-state index in [4.69, 9.17) is 0 Å². The van der Waals surface area contributed by atoms with Crippen molar-refractivity contribution < 1.29 is 9.18 Å². The highest BCUT2D eigenvalue weighted by Crippen LogP contribution is 2.20. The molecule has 1 saturated heterocycles. The maximum atomic E-state index is 13.0. The van der Waals surface area contributed by atoms with Gasteiger partial charge in [0, 0.05) is 18.7 Å². The van der Waals surface area contributed by atoms with E-state index in [-0.39, 0.29) is 11.7 Å². The number of piperidine rings is 1. The number of carbonyl (C=O) groups is 1. The number of benzene rings is 2. The number of halogens is 1. The lowest BCUT2D eigenvalue weighted by atomic mass is 10.0. The van der Waals surface area contributed by atoms with E-state index in [9.17, 15) is 9.18 Å². The fourth-order valence-electron chi connectivity index (χ4n) is 3.07. The van der Waals surface area contributed by atoms with Gasteiger partial charge in [-0.15, -0.1) is 0 Å². The van der Waals surface area contributed by atoms with Crippen LogP contribution in [-0.4, -0.2) is 37.0 Å². The Kier molecular flexibility index (Phi) is 5.59. The normalized spacial score (nSPS) is 15.2. The largest absolute Gasteiger partial charge is 0.351 e. The van der Waals surface area contributed by atoms with E-state index in [0.717, 1.165) is 30.8 Å². The van der Waals surface area contributed by atoms with Crippen LogP contribution in [0.4, 0.5) is 4.39 Å².